The number of benzene rings is 2. The van der Waals surface area contributed by atoms with Crippen LogP contribution in [0.4, 0.5) is 8.78 Å². The van der Waals surface area contributed by atoms with Crippen molar-refractivity contribution in [3.8, 4) is 0 Å². The lowest BCUT2D eigenvalue weighted by Gasteiger charge is -2.29. The van der Waals surface area contributed by atoms with E-state index in [9.17, 15) is 28.0 Å². The van der Waals surface area contributed by atoms with Gasteiger partial charge in [-0.05, 0) is 29.7 Å². The van der Waals surface area contributed by atoms with Gasteiger partial charge in [-0.25, -0.2) is 0 Å². The number of fused-ring (bicyclic) bond motifs is 1. The summed E-state index contributed by atoms with van der Waals surface area (Å²) in [5.74, 6) is -6.39. The van der Waals surface area contributed by atoms with E-state index in [0.717, 1.165) is 12.1 Å². The van der Waals surface area contributed by atoms with Gasteiger partial charge in [-0.15, -0.1) is 0 Å². The molecule has 1 saturated heterocycles. The monoisotopic (exact) mass is 485 g/mol. The molecule has 4 rings (SSSR count). The van der Waals surface area contributed by atoms with Crippen molar-refractivity contribution in [3.63, 3.8) is 0 Å². The maximum atomic E-state index is 14.6. The van der Waals surface area contributed by atoms with E-state index in [0.29, 0.717) is 27.6 Å². The molecule has 2 aromatic rings. The second-order valence-electron chi connectivity index (χ2n) is 8.48. The first-order valence-corrected chi connectivity index (χ1v) is 11.1. The number of carbonyl (C=O) groups is 4. The third kappa shape index (κ3) is 4.20. The SMILES string of the molecule is Bc1c(CNC(=O)C(F)(F)c2ccc(Cl)cc2)cc2c(c1B)C(=O)N(C1CCC(=O)NC1=O)C2. The quantitative estimate of drug-likeness (QED) is 0.421. The molecule has 1 atom stereocenters. The molecule has 2 aliphatic heterocycles. The van der Waals surface area contributed by atoms with Crippen LogP contribution in [0.3, 0.4) is 0 Å². The van der Waals surface area contributed by atoms with Crippen molar-refractivity contribution in [1.82, 2.24) is 15.5 Å². The number of imide groups is 1. The maximum absolute atomic E-state index is 14.6. The summed E-state index contributed by atoms with van der Waals surface area (Å²) in [5.41, 5.74) is 2.57. The number of nitrogens with zero attached hydrogens (tertiary/aromatic N) is 1. The fraction of sp³-hybridized carbons (Fsp3) is 0.273. The number of alkyl halides is 2. The second kappa shape index (κ2) is 8.87. The highest BCUT2D eigenvalue weighted by atomic mass is 35.5. The van der Waals surface area contributed by atoms with Gasteiger partial charge in [-0.1, -0.05) is 40.7 Å². The van der Waals surface area contributed by atoms with Crippen molar-refractivity contribution in [3.05, 3.63) is 57.6 Å². The molecule has 2 aliphatic rings. The molecule has 2 aromatic carbocycles. The average molecular weight is 485 g/mol. The zero-order chi connectivity index (χ0) is 24.8. The first-order valence-electron chi connectivity index (χ1n) is 10.7. The Morgan fingerprint density at radius 3 is 2.50 bits per heavy atom. The fourth-order valence-electron chi connectivity index (χ4n) is 4.37. The van der Waals surface area contributed by atoms with Crippen LogP contribution in [0, 0.1) is 0 Å². The summed E-state index contributed by atoms with van der Waals surface area (Å²) in [7, 11) is 3.49. The van der Waals surface area contributed by atoms with Gasteiger partial charge in [0.15, 0.2) is 0 Å². The van der Waals surface area contributed by atoms with Crippen LogP contribution in [0.1, 0.15) is 39.9 Å². The molecular weight excluding hydrogens is 465 g/mol. The smallest absolute Gasteiger partial charge is 0.346 e. The Labute approximate surface area is 201 Å². The lowest BCUT2D eigenvalue weighted by Crippen LogP contribution is -2.52. The van der Waals surface area contributed by atoms with E-state index in [1.54, 1.807) is 21.8 Å². The predicted molar refractivity (Wildman–Crippen MR) is 126 cm³/mol. The molecule has 1 fully saturated rings. The van der Waals surface area contributed by atoms with Crippen LogP contribution in [0.5, 0.6) is 0 Å². The summed E-state index contributed by atoms with van der Waals surface area (Å²) in [6.07, 6.45) is 0.388. The predicted octanol–water partition coefficient (Wildman–Crippen LogP) is -0.974. The average Bonchev–Trinajstić information content (AvgIpc) is 3.11. The first kappa shape index (κ1) is 23.9. The van der Waals surface area contributed by atoms with Gasteiger partial charge in [-0.2, -0.15) is 8.78 Å². The number of hydrogen-bond donors (Lipinski definition) is 2. The van der Waals surface area contributed by atoms with Gasteiger partial charge in [0.2, 0.25) is 11.8 Å². The standard InChI is InChI=1S/C22H20B2ClF2N3O4/c23-17-10(8-28-21(34)22(26,27)12-1-3-13(25)4-2-12)7-11-9-30(20(33)16(11)18(17)24)14-5-6-15(31)29-19(14)32/h1-4,7,14H,5-6,8-9,23-24H2,(H,28,34)(H,29,31,32). The minimum absolute atomic E-state index is 0.146. The Balaban J connectivity index is 1.53. The zero-order valence-corrected chi connectivity index (χ0v) is 19.3. The Kier molecular flexibility index (Phi) is 6.24. The minimum atomic E-state index is -3.75. The molecule has 2 N–H and O–H groups in total. The van der Waals surface area contributed by atoms with Crippen molar-refractivity contribution < 1.29 is 28.0 Å². The molecule has 0 aliphatic carbocycles. The van der Waals surface area contributed by atoms with Gasteiger partial charge in [0.1, 0.15) is 21.7 Å². The van der Waals surface area contributed by atoms with E-state index in [2.05, 4.69) is 10.6 Å². The summed E-state index contributed by atoms with van der Waals surface area (Å²) in [4.78, 5) is 50.5. The number of nitrogens with one attached hydrogen (secondary N) is 2. The fourth-order valence-corrected chi connectivity index (χ4v) is 4.50. The molecule has 4 amide bonds. The molecule has 0 radical (unpaired) electrons. The molecule has 0 aromatic heterocycles. The summed E-state index contributed by atoms with van der Waals surface area (Å²) in [5, 5.41) is 4.83. The van der Waals surface area contributed by atoms with E-state index in [4.69, 9.17) is 11.6 Å². The zero-order valence-electron chi connectivity index (χ0n) is 18.5. The van der Waals surface area contributed by atoms with Crippen molar-refractivity contribution in [2.24, 2.45) is 0 Å². The summed E-state index contributed by atoms with van der Waals surface area (Å²) in [6.45, 7) is -0.00197. The van der Waals surface area contributed by atoms with Gasteiger partial charge in [-0.3, -0.25) is 24.5 Å². The molecule has 2 heterocycles. The number of rotatable bonds is 5. The Hall–Kier alpha value is -3.20. The number of piperidine rings is 1. The minimum Gasteiger partial charge on any atom is -0.346 e. The molecule has 174 valence electrons. The van der Waals surface area contributed by atoms with Crippen LogP contribution >= 0.6 is 11.6 Å². The van der Waals surface area contributed by atoms with Crippen molar-refractivity contribution in [1.29, 1.82) is 0 Å². The molecule has 7 nitrogen and oxygen atoms in total. The first-order chi connectivity index (χ1) is 16.0. The topological polar surface area (TPSA) is 95.6 Å². The molecule has 12 heteroatoms. The Bertz CT molecular complexity index is 1220. The number of hydrogen-bond acceptors (Lipinski definition) is 4. The number of amides is 4. The summed E-state index contributed by atoms with van der Waals surface area (Å²) in [6, 6.07) is 5.72. The van der Waals surface area contributed by atoms with Gasteiger partial charge in [0.25, 0.3) is 11.8 Å². The van der Waals surface area contributed by atoms with E-state index in [-0.39, 0.29) is 42.8 Å². The second-order valence-corrected chi connectivity index (χ2v) is 8.92. The largest absolute Gasteiger partial charge is 0.349 e. The molecular formula is C22H20B2ClF2N3O4. The molecule has 0 saturated carbocycles. The molecule has 0 spiro atoms. The van der Waals surface area contributed by atoms with Crippen LogP contribution in [-0.2, 0) is 33.4 Å². The molecule has 34 heavy (non-hydrogen) atoms. The van der Waals surface area contributed by atoms with E-state index in [1.807, 2.05) is 0 Å². The van der Waals surface area contributed by atoms with Crippen LogP contribution in [0.2, 0.25) is 5.02 Å². The van der Waals surface area contributed by atoms with Crippen LogP contribution < -0.4 is 21.6 Å². The van der Waals surface area contributed by atoms with Crippen LogP contribution in [0.25, 0.3) is 0 Å². The van der Waals surface area contributed by atoms with E-state index < -0.39 is 29.3 Å². The van der Waals surface area contributed by atoms with Gasteiger partial charge < -0.3 is 10.2 Å². The summed E-state index contributed by atoms with van der Waals surface area (Å²) >= 11 is 5.74. The Morgan fingerprint density at radius 2 is 1.85 bits per heavy atom. The highest BCUT2D eigenvalue weighted by molar-refractivity contribution is 6.51. The van der Waals surface area contributed by atoms with Crippen LogP contribution in [0.15, 0.2) is 30.3 Å². The molecule has 0 bridgehead atoms. The highest BCUT2D eigenvalue weighted by Gasteiger charge is 2.42. The van der Waals surface area contributed by atoms with Crippen molar-refractivity contribution >= 4 is 61.8 Å². The van der Waals surface area contributed by atoms with Crippen molar-refractivity contribution in [2.75, 3.05) is 0 Å². The maximum Gasteiger partial charge on any atom is 0.349 e. The lowest BCUT2D eigenvalue weighted by molar-refractivity contribution is -0.147. The van der Waals surface area contributed by atoms with E-state index in [1.165, 1.54) is 17.0 Å². The lowest BCUT2D eigenvalue weighted by atomic mass is 9.73. The van der Waals surface area contributed by atoms with Gasteiger partial charge in [0, 0.05) is 35.7 Å². The third-order valence-electron chi connectivity index (χ3n) is 6.42. The Morgan fingerprint density at radius 1 is 1.18 bits per heavy atom. The highest BCUT2D eigenvalue weighted by Crippen LogP contribution is 2.30. The normalized spacial score (nSPS) is 18.0. The van der Waals surface area contributed by atoms with Crippen LogP contribution in [-0.4, -0.2) is 50.3 Å². The molecule has 1 unspecified atom stereocenters. The third-order valence-corrected chi connectivity index (χ3v) is 6.67. The van der Waals surface area contributed by atoms with Crippen molar-refractivity contribution in [2.45, 2.75) is 37.9 Å². The van der Waals surface area contributed by atoms with Gasteiger partial charge >= 0.3 is 5.92 Å². The number of carbonyl (C=O) groups excluding carboxylic acids is 4. The number of halogens is 3. The van der Waals surface area contributed by atoms with E-state index >= 15 is 0 Å². The van der Waals surface area contributed by atoms with Gasteiger partial charge in [0.05, 0.1) is 0 Å². The summed E-state index contributed by atoms with van der Waals surface area (Å²) < 4.78 is 29.2.